The number of ketones is 1. The number of hydroxylamine groups is 2. The molecule has 0 radical (unpaired) electrons. The molecule has 0 heterocycles. The molecule has 0 aliphatic heterocycles. The second kappa shape index (κ2) is 8.26. The molecule has 0 bridgehead atoms. The van der Waals surface area contributed by atoms with Gasteiger partial charge in [0.05, 0.1) is 5.92 Å². The first-order valence-electron chi connectivity index (χ1n) is 5.97. The number of esters is 1. The molecular weight excluding hydrogens is 289 g/mol. The summed E-state index contributed by atoms with van der Waals surface area (Å²) in [5.41, 5.74) is 0. The van der Waals surface area contributed by atoms with Gasteiger partial charge in [0, 0.05) is 6.92 Å². The highest BCUT2D eigenvalue weighted by Gasteiger charge is 2.30. The molecule has 0 aromatic heterocycles. The number of rotatable bonds is 9. The Labute approximate surface area is 118 Å². The lowest BCUT2D eigenvalue weighted by atomic mass is 10.2. The van der Waals surface area contributed by atoms with Crippen LogP contribution in [0.25, 0.3) is 0 Å². The standard InChI is InChI=1S/C11H21NO7P/c1-8(2)11(15)18-9(3)19-12(7-13)5-10(14)6-20(4,16)17/h7-9,16-17H,5-6H2,1-4H3/q+1. The molecule has 9 heteroatoms. The number of hydrogen-bond acceptors (Lipinski definition) is 7. The first-order valence-corrected chi connectivity index (χ1v) is 8.29. The molecule has 0 spiro atoms. The number of nitrogens with zero attached hydrogens (tertiary/aromatic N) is 1. The summed E-state index contributed by atoms with van der Waals surface area (Å²) >= 11 is 0. The van der Waals surface area contributed by atoms with Gasteiger partial charge in [-0.25, -0.2) is 19.7 Å². The zero-order chi connectivity index (χ0) is 15.9. The second-order valence-corrected chi connectivity index (χ2v) is 7.22. The molecule has 0 aliphatic carbocycles. The first kappa shape index (κ1) is 18.9. The molecule has 20 heavy (non-hydrogen) atoms. The molecule has 0 rings (SSSR count). The fraction of sp³-hybridized carbons (Fsp3) is 0.727. The molecule has 0 aromatic carbocycles. The van der Waals surface area contributed by atoms with Crippen LogP contribution in [0.3, 0.4) is 0 Å². The topological polar surface area (TPSA) is 113 Å². The maximum absolute atomic E-state index is 11.5. The third-order valence-electron chi connectivity index (χ3n) is 1.96. The number of Topliss-reactive ketones (excluding diaryl/α,β-unsaturated/α-hetero) is 1. The van der Waals surface area contributed by atoms with Crippen LogP contribution in [-0.4, -0.2) is 58.7 Å². The highest BCUT2D eigenvalue weighted by molar-refractivity contribution is 7.64. The van der Waals surface area contributed by atoms with Crippen LogP contribution in [0.2, 0.25) is 0 Å². The van der Waals surface area contributed by atoms with Gasteiger partial charge in [-0.05, 0) is 0 Å². The van der Waals surface area contributed by atoms with Crippen LogP contribution in [0.5, 0.6) is 0 Å². The Morgan fingerprint density at radius 2 is 1.85 bits per heavy atom. The van der Waals surface area contributed by atoms with E-state index in [4.69, 9.17) is 19.4 Å². The van der Waals surface area contributed by atoms with E-state index in [1.54, 1.807) is 13.8 Å². The van der Waals surface area contributed by atoms with Gasteiger partial charge in [-0.3, -0.25) is 14.4 Å². The number of carbonyl (C=O) groups is 3. The van der Waals surface area contributed by atoms with Crippen molar-refractivity contribution in [2.45, 2.75) is 27.1 Å². The predicted octanol–water partition coefficient (Wildman–Crippen LogP) is -0.0473. The smallest absolute Gasteiger partial charge is 0.310 e. The molecule has 1 unspecified atom stereocenters. The van der Waals surface area contributed by atoms with Crippen molar-refractivity contribution >= 4 is 25.9 Å². The van der Waals surface area contributed by atoms with Gasteiger partial charge in [0.25, 0.3) is 7.72 Å². The summed E-state index contributed by atoms with van der Waals surface area (Å²) in [5.74, 6) is -1.42. The monoisotopic (exact) mass is 310 g/mol. The Kier molecular flexibility index (Phi) is 7.82. The van der Waals surface area contributed by atoms with Crippen molar-refractivity contribution in [3.05, 3.63) is 0 Å². The largest absolute Gasteiger partial charge is 0.434 e. The number of ether oxygens (including phenoxy) is 1. The van der Waals surface area contributed by atoms with E-state index in [0.717, 1.165) is 6.66 Å². The highest BCUT2D eigenvalue weighted by atomic mass is 31.2. The fourth-order valence-electron chi connectivity index (χ4n) is 1.17. The normalized spacial score (nSPS) is 12.9. The molecule has 0 saturated heterocycles. The van der Waals surface area contributed by atoms with Crippen LogP contribution < -0.4 is 0 Å². The summed E-state index contributed by atoms with van der Waals surface area (Å²) in [6.07, 6.45) is -1.23. The van der Waals surface area contributed by atoms with Gasteiger partial charge in [0.15, 0.2) is 11.9 Å². The van der Waals surface area contributed by atoms with Crippen LogP contribution in [0.4, 0.5) is 0 Å². The van der Waals surface area contributed by atoms with Crippen molar-refractivity contribution in [1.29, 1.82) is 0 Å². The van der Waals surface area contributed by atoms with Crippen molar-refractivity contribution in [3.63, 3.8) is 0 Å². The summed E-state index contributed by atoms with van der Waals surface area (Å²) in [6, 6.07) is 0. The SMILES string of the molecule is CC(OC(=O)C(C)C)ON(C=O)CC(=O)C[P+](C)(O)O. The quantitative estimate of drug-likeness (QED) is 0.202. The highest BCUT2D eigenvalue weighted by Crippen LogP contribution is 2.44. The molecule has 2 N–H and O–H groups in total. The van der Waals surface area contributed by atoms with Crippen molar-refractivity contribution in [2.75, 3.05) is 19.4 Å². The summed E-state index contributed by atoms with van der Waals surface area (Å²) in [7, 11) is -3.24. The van der Waals surface area contributed by atoms with Gasteiger partial charge in [-0.1, -0.05) is 13.8 Å². The Balaban J connectivity index is 4.31. The van der Waals surface area contributed by atoms with E-state index < -0.39 is 38.5 Å². The maximum atomic E-state index is 11.5. The first-order chi connectivity index (χ1) is 9.05. The van der Waals surface area contributed by atoms with Crippen molar-refractivity contribution < 1.29 is 33.7 Å². The van der Waals surface area contributed by atoms with Crippen LogP contribution in [-0.2, 0) is 24.0 Å². The van der Waals surface area contributed by atoms with E-state index >= 15 is 0 Å². The van der Waals surface area contributed by atoms with E-state index in [9.17, 15) is 14.4 Å². The minimum Gasteiger partial charge on any atom is -0.434 e. The van der Waals surface area contributed by atoms with Gasteiger partial charge < -0.3 is 4.74 Å². The van der Waals surface area contributed by atoms with Gasteiger partial charge in [0.2, 0.25) is 12.7 Å². The molecule has 0 aromatic rings. The maximum Gasteiger partial charge on any atom is 0.310 e. The molecule has 116 valence electrons. The zero-order valence-electron chi connectivity index (χ0n) is 12.0. The van der Waals surface area contributed by atoms with Crippen molar-refractivity contribution in [2.24, 2.45) is 5.92 Å². The van der Waals surface area contributed by atoms with E-state index in [1.165, 1.54) is 6.92 Å². The minimum atomic E-state index is -3.24. The lowest BCUT2D eigenvalue weighted by Gasteiger charge is -2.21. The van der Waals surface area contributed by atoms with Crippen LogP contribution in [0, 0.1) is 5.92 Å². The van der Waals surface area contributed by atoms with Crippen LogP contribution >= 0.6 is 7.72 Å². The Bertz CT molecular complexity index is 353. The van der Waals surface area contributed by atoms with Crippen molar-refractivity contribution in [3.8, 4) is 0 Å². The number of carbonyl (C=O) groups excluding carboxylic acids is 3. The minimum absolute atomic E-state index is 0.252. The molecule has 0 fully saturated rings. The second-order valence-electron chi connectivity index (χ2n) is 4.73. The molecule has 1 atom stereocenters. The molecule has 0 aliphatic rings. The predicted molar refractivity (Wildman–Crippen MR) is 71.4 cm³/mol. The summed E-state index contributed by atoms with van der Waals surface area (Å²) in [4.78, 5) is 56.8. The summed E-state index contributed by atoms with van der Waals surface area (Å²) < 4.78 is 4.86. The number of hydrogen-bond donors (Lipinski definition) is 2. The van der Waals surface area contributed by atoms with Gasteiger partial charge >= 0.3 is 5.97 Å². The molecular formula is C11H21NO7P+. The lowest BCUT2D eigenvalue weighted by molar-refractivity contribution is -0.251. The third kappa shape index (κ3) is 8.92. The van der Waals surface area contributed by atoms with Gasteiger partial charge in [-0.2, -0.15) is 0 Å². The summed E-state index contributed by atoms with van der Waals surface area (Å²) in [5, 5.41) is 0.649. The van der Waals surface area contributed by atoms with Crippen molar-refractivity contribution in [1.82, 2.24) is 5.06 Å². The fourth-order valence-corrected chi connectivity index (χ4v) is 1.94. The average molecular weight is 310 g/mol. The molecule has 1 amide bonds. The Morgan fingerprint density at radius 3 is 2.25 bits per heavy atom. The zero-order valence-corrected chi connectivity index (χ0v) is 12.9. The van der Waals surface area contributed by atoms with E-state index in [1.807, 2.05) is 0 Å². The summed E-state index contributed by atoms with van der Waals surface area (Å²) in [6.45, 7) is 5.39. The van der Waals surface area contributed by atoms with E-state index in [-0.39, 0.29) is 12.3 Å². The van der Waals surface area contributed by atoms with E-state index in [0.29, 0.717) is 5.06 Å². The molecule has 0 saturated carbocycles. The lowest BCUT2D eigenvalue weighted by Crippen LogP contribution is -2.35. The average Bonchev–Trinajstić information content (AvgIpc) is 2.24. The van der Waals surface area contributed by atoms with Gasteiger partial charge in [-0.15, -0.1) is 0 Å². The Morgan fingerprint density at radius 1 is 1.30 bits per heavy atom. The van der Waals surface area contributed by atoms with E-state index in [2.05, 4.69) is 0 Å². The Hall–Kier alpha value is -1.08. The van der Waals surface area contributed by atoms with Crippen LogP contribution in [0.1, 0.15) is 20.8 Å². The van der Waals surface area contributed by atoms with Crippen LogP contribution in [0.15, 0.2) is 0 Å². The van der Waals surface area contributed by atoms with Gasteiger partial charge in [0.1, 0.15) is 13.2 Å². The molecule has 8 nitrogen and oxygen atoms in total. The third-order valence-corrected chi connectivity index (χ3v) is 2.91. The number of amides is 1.